The molecule has 0 fully saturated rings. The minimum absolute atomic E-state index is 0.292. The number of ether oxygens (including phenoxy) is 1. The van der Waals surface area contributed by atoms with E-state index in [2.05, 4.69) is 47.2 Å². The van der Waals surface area contributed by atoms with Crippen LogP contribution in [-0.4, -0.2) is 18.7 Å². The van der Waals surface area contributed by atoms with Gasteiger partial charge in [-0.2, -0.15) is 0 Å². The van der Waals surface area contributed by atoms with E-state index in [-0.39, 0.29) is 0 Å². The molecule has 1 aliphatic rings. The first-order chi connectivity index (χ1) is 8.22. The molecule has 0 radical (unpaired) electrons. The third kappa shape index (κ3) is 3.23. The van der Waals surface area contributed by atoms with E-state index in [4.69, 9.17) is 4.74 Å². The maximum absolute atomic E-state index is 5.92. The SMILES string of the molecule is CCC(CC)NCC1Cc2cc(Br)ccc2O1. The number of rotatable bonds is 5. The van der Waals surface area contributed by atoms with Crippen LogP contribution in [0.2, 0.25) is 0 Å². The third-order valence-electron chi connectivity index (χ3n) is 3.38. The quantitative estimate of drug-likeness (QED) is 0.898. The molecule has 94 valence electrons. The summed E-state index contributed by atoms with van der Waals surface area (Å²) >= 11 is 3.50. The molecule has 0 amide bonds. The summed E-state index contributed by atoms with van der Waals surface area (Å²) < 4.78 is 7.05. The summed E-state index contributed by atoms with van der Waals surface area (Å²) in [6.07, 6.45) is 3.67. The van der Waals surface area contributed by atoms with Gasteiger partial charge in [0, 0.05) is 23.5 Å². The van der Waals surface area contributed by atoms with E-state index in [1.807, 2.05) is 6.07 Å². The lowest BCUT2D eigenvalue weighted by Gasteiger charge is -2.18. The zero-order chi connectivity index (χ0) is 12.3. The molecular weight excluding hydrogens is 278 g/mol. The second-order valence-electron chi connectivity index (χ2n) is 4.62. The van der Waals surface area contributed by atoms with Gasteiger partial charge in [0.1, 0.15) is 11.9 Å². The number of hydrogen-bond donors (Lipinski definition) is 1. The largest absolute Gasteiger partial charge is 0.488 e. The van der Waals surface area contributed by atoms with Crippen LogP contribution in [0.15, 0.2) is 22.7 Å². The maximum atomic E-state index is 5.92. The normalized spacial score (nSPS) is 18.2. The maximum Gasteiger partial charge on any atom is 0.123 e. The molecule has 0 saturated heterocycles. The first kappa shape index (κ1) is 12.9. The van der Waals surface area contributed by atoms with Crippen LogP contribution in [0.5, 0.6) is 5.75 Å². The van der Waals surface area contributed by atoms with E-state index >= 15 is 0 Å². The van der Waals surface area contributed by atoms with Crippen LogP contribution >= 0.6 is 15.9 Å². The van der Waals surface area contributed by atoms with Gasteiger partial charge in [-0.3, -0.25) is 0 Å². The average Bonchev–Trinajstić information content (AvgIpc) is 2.72. The van der Waals surface area contributed by atoms with Crippen LogP contribution in [0.25, 0.3) is 0 Å². The van der Waals surface area contributed by atoms with Gasteiger partial charge in [-0.1, -0.05) is 29.8 Å². The minimum atomic E-state index is 0.292. The highest BCUT2D eigenvalue weighted by atomic mass is 79.9. The van der Waals surface area contributed by atoms with Crippen LogP contribution in [-0.2, 0) is 6.42 Å². The van der Waals surface area contributed by atoms with Crippen molar-refractivity contribution < 1.29 is 4.74 Å². The molecule has 1 aromatic carbocycles. The zero-order valence-electron chi connectivity index (χ0n) is 10.5. The van der Waals surface area contributed by atoms with Crippen molar-refractivity contribution in [3.8, 4) is 5.75 Å². The molecule has 0 bridgehead atoms. The van der Waals surface area contributed by atoms with Gasteiger partial charge in [-0.25, -0.2) is 0 Å². The molecule has 1 N–H and O–H groups in total. The number of hydrogen-bond acceptors (Lipinski definition) is 2. The van der Waals surface area contributed by atoms with E-state index in [0.717, 1.165) is 23.2 Å². The van der Waals surface area contributed by atoms with Crippen LogP contribution in [0.1, 0.15) is 32.3 Å². The Morgan fingerprint density at radius 3 is 2.88 bits per heavy atom. The third-order valence-corrected chi connectivity index (χ3v) is 3.88. The Morgan fingerprint density at radius 2 is 2.18 bits per heavy atom. The summed E-state index contributed by atoms with van der Waals surface area (Å²) in [5.74, 6) is 1.05. The number of fused-ring (bicyclic) bond motifs is 1. The fraction of sp³-hybridized carbons (Fsp3) is 0.571. The number of benzene rings is 1. The van der Waals surface area contributed by atoms with Crippen molar-refractivity contribution in [1.29, 1.82) is 0 Å². The Labute approximate surface area is 112 Å². The highest BCUT2D eigenvalue weighted by molar-refractivity contribution is 9.10. The van der Waals surface area contributed by atoms with Gasteiger partial charge in [-0.05, 0) is 36.6 Å². The number of halogens is 1. The monoisotopic (exact) mass is 297 g/mol. The lowest BCUT2D eigenvalue weighted by atomic mass is 10.1. The lowest BCUT2D eigenvalue weighted by Crippen LogP contribution is -2.36. The Kier molecular flexibility index (Phi) is 4.46. The Hall–Kier alpha value is -0.540. The summed E-state index contributed by atoms with van der Waals surface area (Å²) in [6.45, 7) is 5.39. The van der Waals surface area contributed by atoms with Crippen LogP contribution in [0.4, 0.5) is 0 Å². The average molecular weight is 298 g/mol. The molecule has 0 spiro atoms. The van der Waals surface area contributed by atoms with Crippen molar-refractivity contribution in [3.05, 3.63) is 28.2 Å². The smallest absolute Gasteiger partial charge is 0.123 e. The van der Waals surface area contributed by atoms with Crippen molar-refractivity contribution >= 4 is 15.9 Å². The fourth-order valence-electron chi connectivity index (χ4n) is 2.28. The predicted octanol–water partition coefficient (Wildman–Crippen LogP) is 3.53. The first-order valence-corrected chi connectivity index (χ1v) is 7.20. The van der Waals surface area contributed by atoms with Gasteiger partial charge in [0.05, 0.1) is 0 Å². The van der Waals surface area contributed by atoms with Crippen molar-refractivity contribution in [2.75, 3.05) is 6.54 Å². The van der Waals surface area contributed by atoms with Crippen LogP contribution in [0.3, 0.4) is 0 Å². The summed E-state index contributed by atoms with van der Waals surface area (Å²) in [5, 5.41) is 3.57. The van der Waals surface area contributed by atoms with Crippen molar-refractivity contribution in [3.63, 3.8) is 0 Å². The molecule has 0 saturated carbocycles. The molecule has 1 unspecified atom stereocenters. The van der Waals surface area contributed by atoms with Crippen LogP contribution < -0.4 is 10.1 Å². The van der Waals surface area contributed by atoms with E-state index in [9.17, 15) is 0 Å². The molecule has 2 rings (SSSR count). The van der Waals surface area contributed by atoms with Crippen LogP contribution in [0, 0.1) is 0 Å². The van der Waals surface area contributed by atoms with E-state index in [1.54, 1.807) is 0 Å². The summed E-state index contributed by atoms with van der Waals surface area (Å²) in [6, 6.07) is 6.87. The topological polar surface area (TPSA) is 21.3 Å². The Balaban J connectivity index is 1.88. The van der Waals surface area contributed by atoms with Gasteiger partial charge in [-0.15, -0.1) is 0 Å². The second-order valence-corrected chi connectivity index (χ2v) is 5.53. The van der Waals surface area contributed by atoms with E-state index in [0.29, 0.717) is 12.1 Å². The van der Waals surface area contributed by atoms with E-state index < -0.39 is 0 Å². The van der Waals surface area contributed by atoms with Gasteiger partial charge in [0.2, 0.25) is 0 Å². The van der Waals surface area contributed by atoms with Gasteiger partial charge >= 0.3 is 0 Å². The summed E-state index contributed by atoms with van der Waals surface area (Å²) in [5.41, 5.74) is 1.32. The molecule has 1 aliphatic heterocycles. The molecule has 17 heavy (non-hydrogen) atoms. The highest BCUT2D eigenvalue weighted by Crippen LogP contribution is 2.30. The first-order valence-electron chi connectivity index (χ1n) is 6.41. The fourth-order valence-corrected chi connectivity index (χ4v) is 2.69. The second kappa shape index (κ2) is 5.87. The summed E-state index contributed by atoms with van der Waals surface area (Å²) in [4.78, 5) is 0. The van der Waals surface area contributed by atoms with Gasteiger partial charge < -0.3 is 10.1 Å². The van der Waals surface area contributed by atoms with Crippen molar-refractivity contribution in [2.24, 2.45) is 0 Å². The van der Waals surface area contributed by atoms with Gasteiger partial charge in [0.15, 0.2) is 0 Å². The van der Waals surface area contributed by atoms with E-state index in [1.165, 1.54) is 18.4 Å². The minimum Gasteiger partial charge on any atom is -0.488 e. The lowest BCUT2D eigenvalue weighted by molar-refractivity contribution is 0.220. The molecule has 1 aromatic rings. The summed E-state index contributed by atoms with van der Waals surface area (Å²) in [7, 11) is 0. The van der Waals surface area contributed by atoms with Crippen molar-refractivity contribution in [2.45, 2.75) is 45.3 Å². The van der Waals surface area contributed by atoms with Crippen molar-refractivity contribution in [1.82, 2.24) is 5.32 Å². The molecular formula is C14H20BrNO. The number of nitrogens with one attached hydrogen (secondary N) is 1. The standard InChI is InChI=1S/C14H20BrNO/c1-3-12(4-2)16-9-13-8-10-7-11(15)5-6-14(10)17-13/h5-7,12-13,16H,3-4,8-9H2,1-2H3. The predicted molar refractivity (Wildman–Crippen MR) is 74.6 cm³/mol. The molecule has 2 nitrogen and oxygen atoms in total. The zero-order valence-corrected chi connectivity index (χ0v) is 12.1. The Bertz CT molecular complexity index is 376. The molecule has 3 heteroatoms. The molecule has 0 aliphatic carbocycles. The van der Waals surface area contributed by atoms with Gasteiger partial charge in [0.25, 0.3) is 0 Å². The molecule has 0 aromatic heterocycles. The Morgan fingerprint density at radius 1 is 1.41 bits per heavy atom. The highest BCUT2D eigenvalue weighted by Gasteiger charge is 2.23. The molecule has 1 heterocycles. The molecule has 1 atom stereocenters.